The lowest BCUT2D eigenvalue weighted by atomic mass is 10.0. The average Bonchev–Trinajstić information content (AvgIpc) is 3.31. The zero-order valence-electron chi connectivity index (χ0n) is 15.4. The molecule has 0 fully saturated rings. The second-order valence-corrected chi connectivity index (χ2v) is 6.28. The number of carbonyl (C=O) groups excluding carboxylic acids is 2. The van der Waals surface area contributed by atoms with Gasteiger partial charge in [0.2, 0.25) is 12.9 Å². The molecule has 0 aromatic heterocycles. The summed E-state index contributed by atoms with van der Waals surface area (Å²) in [6.07, 6.45) is -0.416. The van der Waals surface area contributed by atoms with Crippen LogP contribution >= 0.6 is 0 Å². The molecule has 0 radical (unpaired) electrons. The molecule has 4 rings (SSSR count). The van der Waals surface area contributed by atoms with Crippen LogP contribution in [0, 0.1) is 0 Å². The predicted molar refractivity (Wildman–Crippen MR) is 97.0 cm³/mol. The Morgan fingerprint density at radius 3 is 2.75 bits per heavy atom. The van der Waals surface area contributed by atoms with Crippen LogP contribution in [0.5, 0.6) is 23.0 Å². The molecule has 8 nitrogen and oxygen atoms in total. The molecule has 0 saturated heterocycles. The molecule has 2 aliphatic heterocycles. The van der Waals surface area contributed by atoms with E-state index >= 15 is 0 Å². The van der Waals surface area contributed by atoms with Crippen LogP contribution in [-0.4, -0.2) is 39.4 Å². The summed E-state index contributed by atoms with van der Waals surface area (Å²) >= 11 is 0. The fraction of sp³-hybridized carbons (Fsp3) is 0.300. The first-order valence-corrected chi connectivity index (χ1v) is 8.74. The van der Waals surface area contributed by atoms with Gasteiger partial charge in [0.05, 0.1) is 14.2 Å². The Labute approximate surface area is 161 Å². The summed E-state index contributed by atoms with van der Waals surface area (Å²) in [5, 5.41) is 2.81. The summed E-state index contributed by atoms with van der Waals surface area (Å²) < 4.78 is 26.4. The van der Waals surface area contributed by atoms with E-state index in [-0.39, 0.29) is 24.0 Å². The maximum absolute atomic E-state index is 12.6. The summed E-state index contributed by atoms with van der Waals surface area (Å²) in [6.45, 7) is 0.603. The number of esters is 1. The third-order valence-corrected chi connectivity index (χ3v) is 4.68. The number of carbonyl (C=O) groups is 2. The van der Waals surface area contributed by atoms with Gasteiger partial charge in [-0.15, -0.1) is 0 Å². The van der Waals surface area contributed by atoms with E-state index in [4.69, 9.17) is 23.7 Å². The standard InChI is InChI=1S/C20H19NO7/c1-24-14-6-4-12-16(18(14)25-2)20(23)28-17(12)19(22)21-8-7-11-3-5-13-15(9-11)27-10-26-13/h3-6,9,17H,7-8,10H2,1-2H3,(H,21,22). The van der Waals surface area contributed by atoms with Gasteiger partial charge in [-0.2, -0.15) is 0 Å². The maximum atomic E-state index is 12.6. The van der Waals surface area contributed by atoms with Gasteiger partial charge in [0.1, 0.15) is 5.56 Å². The Hall–Kier alpha value is -3.42. The van der Waals surface area contributed by atoms with E-state index < -0.39 is 12.1 Å². The minimum Gasteiger partial charge on any atom is -0.493 e. The second-order valence-electron chi connectivity index (χ2n) is 6.28. The molecule has 28 heavy (non-hydrogen) atoms. The van der Waals surface area contributed by atoms with E-state index in [1.165, 1.54) is 14.2 Å². The molecule has 0 bridgehead atoms. The van der Waals surface area contributed by atoms with E-state index in [0.717, 1.165) is 5.56 Å². The van der Waals surface area contributed by atoms with E-state index in [1.54, 1.807) is 12.1 Å². The lowest BCUT2D eigenvalue weighted by molar-refractivity contribution is -0.129. The fourth-order valence-electron chi connectivity index (χ4n) is 3.31. The molecule has 2 heterocycles. The number of amides is 1. The van der Waals surface area contributed by atoms with Crippen molar-refractivity contribution in [1.82, 2.24) is 5.32 Å². The predicted octanol–water partition coefficient (Wildman–Crippen LogP) is 2.00. The molecule has 1 amide bonds. The third-order valence-electron chi connectivity index (χ3n) is 4.68. The van der Waals surface area contributed by atoms with Crippen molar-refractivity contribution in [2.24, 2.45) is 0 Å². The number of rotatable bonds is 6. The Bertz CT molecular complexity index is 940. The van der Waals surface area contributed by atoms with Gasteiger partial charge in [0.25, 0.3) is 5.91 Å². The fourth-order valence-corrected chi connectivity index (χ4v) is 3.31. The van der Waals surface area contributed by atoms with Crippen LogP contribution in [0.4, 0.5) is 0 Å². The number of ether oxygens (including phenoxy) is 5. The minimum absolute atomic E-state index is 0.218. The summed E-state index contributed by atoms with van der Waals surface area (Å²) in [4.78, 5) is 24.8. The first-order valence-electron chi connectivity index (χ1n) is 8.74. The molecule has 8 heteroatoms. The molecular formula is C20H19NO7. The van der Waals surface area contributed by atoms with Crippen LogP contribution in [0.15, 0.2) is 30.3 Å². The van der Waals surface area contributed by atoms with Gasteiger partial charge in [0.15, 0.2) is 23.0 Å². The van der Waals surface area contributed by atoms with Crippen LogP contribution in [-0.2, 0) is 16.0 Å². The van der Waals surface area contributed by atoms with Gasteiger partial charge in [-0.25, -0.2) is 4.79 Å². The van der Waals surface area contributed by atoms with Crippen molar-refractivity contribution in [3.63, 3.8) is 0 Å². The number of cyclic esters (lactones) is 1. The summed E-state index contributed by atoms with van der Waals surface area (Å²) in [7, 11) is 2.91. The zero-order chi connectivity index (χ0) is 19.7. The zero-order valence-corrected chi connectivity index (χ0v) is 15.4. The lowest BCUT2D eigenvalue weighted by Gasteiger charge is -2.13. The number of hydrogen-bond donors (Lipinski definition) is 1. The van der Waals surface area contributed by atoms with Crippen LogP contribution in [0.1, 0.15) is 27.6 Å². The molecule has 1 atom stereocenters. The molecule has 1 unspecified atom stereocenters. The van der Waals surface area contributed by atoms with Crippen LogP contribution in [0.3, 0.4) is 0 Å². The molecule has 0 aliphatic carbocycles. The minimum atomic E-state index is -1.01. The van der Waals surface area contributed by atoms with E-state index in [9.17, 15) is 9.59 Å². The SMILES string of the molecule is COc1ccc2c(c1OC)C(=O)OC2C(=O)NCCc1ccc2c(c1)OCO2. The van der Waals surface area contributed by atoms with Gasteiger partial charge in [-0.05, 0) is 36.2 Å². The largest absolute Gasteiger partial charge is 0.493 e. The molecule has 2 aromatic rings. The molecule has 1 N–H and O–H groups in total. The number of methoxy groups -OCH3 is 2. The highest BCUT2D eigenvalue weighted by Gasteiger charge is 2.39. The molecule has 2 aliphatic rings. The summed E-state index contributed by atoms with van der Waals surface area (Å²) in [6, 6.07) is 8.93. The van der Waals surface area contributed by atoms with Crippen molar-refractivity contribution < 1.29 is 33.3 Å². The van der Waals surface area contributed by atoms with Crippen molar-refractivity contribution in [3.05, 3.63) is 47.0 Å². The highest BCUT2D eigenvalue weighted by molar-refractivity contribution is 6.02. The quantitative estimate of drug-likeness (QED) is 0.761. The Morgan fingerprint density at radius 2 is 1.96 bits per heavy atom. The van der Waals surface area contributed by atoms with Gasteiger partial charge in [0, 0.05) is 12.1 Å². The smallest absolute Gasteiger partial charge is 0.343 e. The van der Waals surface area contributed by atoms with Crippen molar-refractivity contribution in [2.45, 2.75) is 12.5 Å². The Kier molecular flexibility index (Phi) is 4.68. The normalized spacial score (nSPS) is 16.4. The molecule has 146 valence electrons. The summed E-state index contributed by atoms with van der Waals surface area (Å²) in [5.74, 6) is 1.08. The third kappa shape index (κ3) is 3.06. The highest BCUT2D eigenvalue weighted by atomic mass is 16.7. The molecule has 0 saturated carbocycles. The summed E-state index contributed by atoms with van der Waals surface area (Å²) in [5.41, 5.74) is 1.68. The molecule has 2 aromatic carbocycles. The number of hydrogen-bond acceptors (Lipinski definition) is 7. The number of benzene rings is 2. The van der Waals surface area contributed by atoms with Crippen LogP contribution < -0.4 is 24.3 Å². The van der Waals surface area contributed by atoms with Crippen molar-refractivity contribution >= 4 is 11.9 Å². The number of fused-ring (bicyclic) bond motifs is 2. The molecular weight excluding hydrogens is 366 g/mol. The van der Waals surface area contributed by atoms with E-state index in [1.807, 2.05) is 18.2 Å². The van der Waals surface area contributed by atoms with Crippen LogP contribution in [0.25, 0.3) is 0 Å². The monoisotopic (exact) mass is 385 g/mol. The topological polar surface area (TPSA) is 92.3 Å². The second kappa shape index (κ2) is 7.30. The van der Waals surface area contributed by atoms with Gasteiger partial charge >= 0.3 is 5.97 Å². The van der Waals surface area contributed by atoms with Crippen molar-refractivity contribution in [1.29, 1.82) is 0 Å². The van der Waals surface area contributed by atoms with Gasteiger partial charge in [-0.3, -0.25) is 4.79 Å². The average molecular weight is 385 g/mol. The van der Waals surface area contributed by atoms with Crippen molar-refractivity contribution in [2.75, 3.05) is 27.6 Å². The molecule has 0 spiro atoms. The van der Waals surface area contributed by atoms with Gasteiger partial charge < -0.3 is 29.0 Å². The van der Waals surface area contributed by atoms with E-state index in [2.05, 4.69) is 5.32 Å². The first-order chi connectivity index (χ1) is 13.6. The van der Waals surface area contributed by atoms with E-state index in [0.29, 0.717) is 35.8 Å². The Morgan fingerprint density at radius 1 is 1.14 bits per heavy atom. The van der Waals surface area contributed by atoms with Crippen LogP contribution in [0.2, 0.25) is 0 Å². The lowest BCUT2D eigenvalue weighted by Crippen LogP contribution is -2.31. The Balaban J connectivity index is 1.43. The first kappa shape index (κ1) is 18.0. The van der Waals surface area contributed by atoms with Crippen molar-refractivity contribution in [3.8, 4) is 23.0 Å². The van der Waals surface area contributed by atoms with Gasteiger partial charge in [-0.1, -0.05) is 6.07 Å². The maximum Gasteiger partial charge on any atom is 0.343 e. The highest BCUT2D eigenvalue weighted by Crippen LogP contribution is 2.41. The number of nitrogens with one attached hydrogen (secondary N) is 1.